The van der Waals surface area contributed by atoms with Crippen molar-refractivity contribution in [2.45, 2.75) is 31.8 Å². The van der Waals surface area contributed by atoms with E-state index in [9.17, 15) is 4.79 Å². The molecule has 3 fully saturated rings. The van der Waals surface area contributed by atoms with Gasteiger partial charge in [-0.1, -0.05) is 12.5 Å². The van der Waals surface area contributed by atoms with Gasteiger partial charge >= 0.3 is 0 Å². The minimum atomic E-state index is 0.131. The highest BCUT2D eigenvalue weighted by atomic mass is 32.1. The van der Waals surface area contributed by atoms with Crippen LogP contribution in [0.15, 0.2) is 17.5 Å². The van der Waals surface area contributed by atoms with Crippen LogP contribution >= 0.6 is 11.3 Å². The van der Waals surface area contributed by atoms with Crippen LogP contribution < -0.4 is 5.32 Å². The van der Waals surface area contributed by atoms with Gasteiger partial charge in [0.25, 0.3) is 0 Å². The third-order valence-corrected chi connectivity index (χ3v) is 6.13. The van der Waals surface area contributed by atoms with Gasteiger partial charge in [0.15, 0.2) is 0 Å². The van der Waals surface area contributed by atoms with Crippen LogP contribution in [-0.2, 0) is 4.79 Å². The highest BCUT2D eigenvalue weighted by Gasteiger charge is 2.42. The molecule has 1 N–H and O–H groups in total. The largest absolute Gasteiger partial charge is 0.321 e. The maximum Gasteiger partial charge on any atom is 0.238 e. The lowest BCUT2D eigenvalue weighted by atomic mass is 9.88. The van der Waals surface area contributed by atoms with E-state index in [4.69, 9.17) is 0 Å². The summed E-state index contributed by atoms with van der Waals surface area (Å²) in [7, 11) is 0. The molecule has 0 aromatic carbocycles. The van der Waals surface area contributed by atoms with Gasteiger partial charge in [-0.2, -0.15) is 0 Å². The topological polar surface area (TPSA) is 32.3 Å². The molecular formula is C15H20N2OS. The Morgan fingerprint density at radius 2 is 2.32 bits per heavy atom. The summed E-state index contributed by atoms with van der Waals surface area (Å²) < 4.78 is 0. The van der Waals surface area contributed by atoms with Gasteiger partial charge in [0.2, 0.25) is 5.91 Å². The van der Waals surface area contributed by atoms with Crippen molar-refractivity contribution in [1.29, 1.82) is 0 Å². The molecule has 4 heteroatoms. The molecule has 1 aliphatic heterocycles. The predicted molar refractivity (Wildman–Crippen MR) is 75.7 cm³/mol. The number of nitrogens with zero attached hydrogens (tertiary/aromatic N) is 1. The summed E-state index contributed by atoms with van der Waals surface area (Å²) in [4.78, 5) is 15.5. The van der Waals surface area contributed by atoms with Crippen LogP contribution in [0, 0.1) is 17.8 Å². The number of carbonyl (C=O) groups is 1. The molecule has 4 rings (SSSR count). The lowest BCUT2D eigenvalue weighted by Gasteiger charge is -2.30. The first-order valence-electron chi connectivity index (χ1n) is 7.37. The molecule has 4 unspecified atom stereocenters. The van der Waals surface area contributed by atoms with Crippen LogP contribution in [0.25, 0.3) is 0 Å². The lowest BCUT2D eigenvalue weighted by molar-refractivity contribution is -0.128. The quantitative estimate of drug-likeness (QED) is 0.920. The van der Waals surface area contributed by atoms with Crippen molar-refractivity contribution in [2.24, 2.45) is 17.8 Å². The molecule has 3 nitrogen and oxygen atoms in total. The average molecular weight is 276 g/mol. The number of nitrogens with one attached hydrogen (secondary N) is 1. The van der Waals surface area contributed by atoms with Crippen LogP contribution in [-0.4, -0.2) is 23.9 Å². The van der Waals surface area contributed by atoms with Gasteiger partial charge in [0, 0.05) is 11.4 Å². The number of carbonyl (C=O) groups excluding carboxylic acids is 1. The summed E-state index contributed by atoms with van der Waals surface area (Å²) in [6.45, 7) is 1.47. The molecular weight excluding hydrogens is 256 g/mol. The maximum absolute atomic E-state index is 12.1. The molecule has 1 saturated heterocycles. The van der Waals surface area contributed by atoms with Crippen LogP contribution in [0.1, 0.15) is 36.7 Å². The molecule has 19 heavy (non-hydrogen) atoms. The van der Waals surface area contributed by atoms with Gasteiger partial charge in [-0.05, 0) is 48.5 Å². The summed E-state index contributed by atoms with van der Waals surface area (Å²) >= 11 is 1.74. The van der Waals surface area contributed by atoms with E-state index in [2.05, 4.69) is 27.7 Å². The molecule has 2 aliphatic carbocycles. The third kappa shape index (κ3) is 2.01. The van der Waals surface area contributed by atoms with E-state index in [1.54, 1.807) is 11.3 Å². The van der Waals surface area contributed by atoms with Crippen LogP contribution in [0.4, 0.5) is 0 Å². The second-order valence-electron chi connectivity index (χ2n) is 6.28. The van der Waals surface area contributed by atoms with Crippen molar-refractivity contribution in [3.8, 4) is 0 Å². The van der Waals surface area contributed by atoms with E-state index in [1.807, 2.05) is 0 Å². The van der Waals surface area contributed by atoms with Crippen LogP contribution in [0.2, 0.25) is 0 Å². The highest BCUT2D eigenvalue weighted by Crippen LogP contribution is 2.49. The number of hydrogen-bond donors (Lipinski definition) is 1. The van der Waals surface area contributed by atoms with Crippen LogP contribution in [0.3, 0.4) is 0 Å². The lowest BCUT2D eigenvalue weighted by Crippen LogP contribution is -2.36. The van der Waals surface area contributed by atoms with E-state index >= 15 is 0 Å². The zero-order valence-corrected chi connectivity index (χ0v) is 11.9. The Balaban J connectivity index is 1.50. The Morgan fingerprint density at radius 1 is 1.37 bits per heavy atom. The Kier molecular flexibility index (Phi) is 2.88. The molecule has 1 amide bonds. The van der Waals surface area contributed by atoms with E-state index in [-0.39, 0.29) is 12.1 Å². The van der Waals surface area contributed by atoms with Gasteiger partial charge in [-0.15, -0.1) is 11.3 Å². The summed E-state index contributed by atoms with van der Waals surface area (Å²) in [5, 5.41) is 5.46. The van der Waals surface area contributed by atoms with Crippen LogP contribution in [0.5, 0.6) is 0 Å². The van der Waals surface area contributed by atoms with Gasteiger partial charge in [-0.3, -0.25) is 10.1 Å². The summed E-state index contributed by atoms with van der Waals surface area (Å²) in [6.07, 6.45) is 5.73. The first kappa shape index (κ1) is 11.9. The fraction of sp³-hybridized carbons (Fsp3) is 0.667. The zero-order valence-electron chi connectivity index (χ0n) is 11.0. The smallest absolute Gasteiger partial charge is 0.238 e. The molecule has 102 valence electrons. The second kappa shape index (κ2) is 4.60. The normalized spacial score (nSPS) is 37.5. The molecule has 0 radical (unpaired) electrons. The first-order valence-corrected chi connectivity index (χ1v) is 8.25. The first-order chi connectivity index (χ1) is 9.31. The minimum Gasteiger partial charge on any atom is -0.321 e. The Bertz CT molecular complexity index is 472. The molecule has 3 aliphatic rings. The second-order valence-corrected chi connectivity index (χ2v) is 7.26. The van der Waals surface area contributed by atoms with E-state index in [1.165, 1.54) is 30.6 Å². The average Bonchev–Trinajstić information content (AvgIpc) is 3.14. The SMILES string of the molecule is O=C1CNC(c2cccs2)N1CC1CC2CCC1C2. The molecule has 2 saturated carbocycles. The summed E-state index contributed by atoms with van der Waals surface area (Å²) in [5.74, 6) is 2.88. The summed E-state index contributed by atoms with van der Waals surface area (Å²) in [6, 6.07) is 4.20. The summed E-state index contributed by atoms with van der Waals surface area (Å²) in [5.41, 5.74) is 0. The van der Waals surface area contributed by atoms with Crippen molar-refractivity contribution in [3.63, 3.8) is 0 Å². The number of thiophene rings is 1. The number of amides is 1. The molecule has 4 atom stereocenters. The monoisotopic (exact) mass is 276 g/mol. The maximum atomic E-state index is 12.1. The predicted octanol–water partition coefficient (Wildman–Crippen LogP) is 2.61. The fourth-order valence-corrected chi connectivity index (χ4v) is 5.11. The fourth-order valence-electron chi connectivity index (χ4n) is 4.30. The van der Waals surface area contributed by atoms with Crippen molar-refractivity contribution in [1.82, 2.24) is 10.2 Å². The molecule has 1 aromatic rings. The Hall–Kier alpha value is -0.870. The molecule has 0 spiro atoms. The van der Waals surface area contributed by atoms with Crippen molar-refractivity contribution < 1.29 is 4.79 Å². The third-order valence-electron chi connectivity index (χ3n) is 5.21. The number of hydrogen-bond acceptors (Lipinski definition) is 3. The van der Waals surface area contributed by atoms with Gasteiger partial charge in [-0.25, -0.2) is 0 Å². The number of fused-ring (bicyclic) bond motifs is 2. The Labute approximate surface area is 118 Å². The van der Waals surface area contributed by atoms with Crippen molar-refractivity contribution in [3.05, 3.63) is 22.4 Å². The van der Waals surface area contributed by atoms with Crippen molar-refractivity contribution in [2.75, 3.05) is 13.1 Å². The minimum absolute atomic E-state index is 0.131. The molecule has 2 bridgehead atoms. The van der Waals surface area contributed by atoms with E-state index < -0.39 is 0 Å². The standard InChI is InChI=1S/C15H20N2OS/c18-14-8-16-15(13-2-1-5-19-13)17(14)9-12-7-10-3-4-11(12)6-10/h1-2,5,10-12,15-16H,3-4,6-9H2. The Morgan fingerprint density at radius 3 is 3.00 bits per heavy atom. The zero-order chi connectivity index (χ0) is 12.8. The number of rotatable bonds is 3. The van der Waals surface area contributed by atoms with E-state index in [0.29, 0.717) is 6.54 Å². The van der Waals surface area contributed by atoms with E-state index in [0.717, 1.165) is 24.3 Å². The molecule has 1 aromatic heterocycles. The van der Waals surface area contributed by atoms with Gasteiger partial charge < -0.3 is 4.90 Å². The van der Waals surface area contributed by atoms with Crippen molar-refractivity contribution >= 4 is 17.2 Å². The highest BCUT2D eigenvalue weighted by molar-refractivity contribution is 7.10. The molecule has 2 heterocycles. The van der Waals surface area contributed by atoms with Gasteiger partial charge in [0.1, 0.15) is 6.17 Å². The van der Waals surface area contributed by atoms with Gasteiger partial charge in [0.05, 0.1) is 6.54 Å².